The molecule has 0 spiro atoms. The van der Waals surface area contributed by atoms with Crippen LogP contribution in [0.4, 0.5) is 5.13 Å². The minimum Gasteiger partial charge on any atom is -0.301 e. The van der Waals surface area contributed by atoms with E-state index in [-0.39, 0.29) is 29.9 Å². The molecule has 0 radical (unpaired) electrons. The van der Waals surface area contributed by atoms with E-state index < -0.39 is 0 Å². The van der Waals surface area contributed by atoms with Gasteiger partial charge in [0.2, 0.25) is 5.91 Å². The smallest absolute Gasteiger partial charge is 0.267 e. The van der Waals surface area contributed by atoms with Crippen LogP contribution in [0.25, 0.3) is 21.8 Å². The van der Waals surface area contributed by atoms with Crippen molar-refractivity contribution in [3.8, 4) is 21.8 Å². The molecule has 1 amide bonds. The first-order valence-corrected chi connectivity index (χ1v) is 11.0. The monoisotopic (exact) mass is 459 g/mol. The molecule has 1 saturated heterocycles. The summed E-state index contributed by atoms with van der Waals surface area (Å²) in [6, 6.07) is 13.0. The molecular weight excluding hydrogens is 434 g/mol. The van der Waals surface area contributed by atoms with E-state index in [0.29, 0.717) is 17.4 Å². The normalized spacial score (nSPS) is 13.9. The van der Waals surface area contributed by atoms with Crippen LogP contribution in [0.5, 0.6) is 0 Å². The molecule has 0 aliphatic carbocycles. The molecule has 31 heavy (non-hydrogen) atoms. The molecule has 0 saturated carbocycles. The van der Waals surface area contributed by atoms with Gasteiger partial charge >= 0.3 is 0 Å². The molecule has 4 rings (SSSR count). The van der Waals surface area contributed by atoms with Crippen molar-refractivity contribution in [1.82, 2.24) is 19.7 Å². The number of aromatic nitrogens is 3. The van der Waals surface area contributed by atoms with Crippen LogP contribution in [0.2, 0.25) is 0 Å². The third kappa shape index (κ3) is 5.39. The Hall–Kier alpha value is -2.55. The maximum Gasteiger partial charge on any atom is 0.267 e. The fraction of sp³-hybridized carbons (Fsp3) is 0.364. The van der Waals surface area contributed by atoms with E-state index in [4.69, 9.17) is 4.98 Å². The predicted molar refractivity (Wildman–Crippen MR) is 127 cm³/mol. The van der Waals surface area contributed by atoms with Gasteiger partial charge < -0.3 is 5.32 Å². The number of benzene rings is 1. The van der Waals surface area contributed by atoms with E-state index in [2.05, 4.69) is 15.3 Å². The number of nitrogens with one attached hydrogen (secondary N) is 1. The Kier molecular flexibility index (Phi) is 7.59. The van der Waals surface area contributed by atoms with Gasteiger partial charge in [-0.15, -0.1) is 12.4 Å². The average molecular weight is 460 g/mol. The number of carbonyl (C=O) groups is 1. The van der Waals surface area contributed by atoms with Crippen LogP contribution in [0.3, 0.4) is 0 Å². The Labute approximate surface area is 191 Å². The summed E-state index contributed by atoms with van der Waals surface area (Å²) in [5, 5.41) is 8.04. The summed E-state index contributed by atoms with van der Waals surface area (Å²) in [4.78, 5) is 32.3. The lowest BCUT2D eigenvalue weighted by Crippen LogP contribution is -2.30. The van der Waals surface area contributed by atoms with Crippen molar-refractivity contribution in [2.75, 3.05) is 25.0 Å². The highest BCUT2D eigenvalue weighted by atomic mass is 35.5. The molecule has 1 aromatic carbocycles. The summed E-state index contributed by atoms with van der Waals surface area (Å²) in [6.45, 7) is 6.16. The van der Waals surface area contributed by atoms with E-state index in [1.807, 2.05) is 44.2 Å². The standard InChI is InChI=1S/C22H25N5O2S.ClH/c1-15(2)27-19(29)11-10-17(25-27)21-20(16-8-4-3-5-9-16)24-22(30-21)23-18(28)14-26-12-6-7-13-26;/h3-5,8-11,15H,6-7,12-14H2,1-2H3,(H,23,24,28);1H. The van der Waals surface area contributed by atoms with Gasteiger partial charge in [-0.25, -0.2) is 9.67 Å². The molecule has 0 atom stereocenters. The Bertz CT molecular complexity index is 1090. The zero-order valence-corrected chi connectivity index (χ0v) is 19.2. The van der Waals surface area contributed by atoms with Crippen molar-refractivity contribution >= 4 is 34.8 Å². The molecule has 3 aromatic rings. The lowest BCUT2D eigenvalue weighted by molar-refractivity contribution is -0.117. The number of rotatable bonds is 6. The molecule has 3 heterocycles. The molecule has 1 aliphatic heterocycles. The van der Waals surface area contributed by atoms with Gasteiger partial charge in [-0.3, -0.25) is 14.5 Å². The number of carbonyl (C=O) groups excluding carboxylic acids is 1. The number of hydrogen-bond donors (Lipinski definition) is 1. The highest BCUT2D eigenvalue weighted by Gasteiger charge is 2.20. The largest absolute Gasteiger partial charge is 0.301 e. The summed E-state index contributed by atoms with van der Waals surface area (Å²) >= 11 is 1.38. The number of halogens is 1. The van der Waals surface area contributed by atoms with Crippen LogP contribution in [0.15, 0.2) is 47.3 Å². The van der Waals surface area contributed by atoms with Gasteiger partial charge in [-0.1, -0.05) is 41.7 Å². The van der Waals surface area contributed by atoms with E-state index >= 15 is 0 Å². The summed E-state index contributed by atoms with van der Waals surface area (Å²) in [5.74, 6) is -0.0584. The van der Waals surface area contributed by atoms with Crippen LogP contribution in [0.1, 0.15) is 32.7 Å². The number of likely N-dealkylation sites (tertiary alicyclic amines) is 1. The van der Waals surface area contributed by atoms with Crippen molar-refractivity contribution < 1.29 is 4.79 Å². The van der Waals surface area contributed by atoms with Crippen molar-refractivity contribution in [2.24, 2.45) is 0 Å². The molecule has 1 aliphatic rings. The second-order valence-electron chi connectivity index (χ2n) is 7.69. The topological polar surface area (TPSA) is 80.1 Å². The first kappa shape index (κ1) is 23.1. The molecule has 9 heteroatoms. The van der Waals surface area contributed by atoms with Crippen molar-refractivity contribution in [1.29, 1.82) is 0 Å². The molecule has 1 fully saturated rings. The van der Waals surface area contributed by atoms with Crippen LogP contribution in [-0.4, -0.2) is 45.2 Å². The summed E-state index contributed by atoms with van der Waals surface area (Å²) in [6.07, 6.45) is 2.29. The lowest BCUT2D eigenvalue weighted by atomic mass is 10.1. The Morgan fingerprint density at radius 2 is 1.84 bits per heavy atom. The molecule has 7 nitrogen and oxygen atoms in total. The van der Waals surface area contributed by atoms with Crippen LogP contribution < -0.4 is 10.9 Å². The molecule has 0 unspecified atom stereocenters. The fourth-order valence-corrected chi connectivity index (χ4v) is 4.53. The van der Waals surface area contributed by atoms with Gasteiger partial charge in [0.25, 0.3) is 5.56 Å². The molecule has 1 N–H and O–H groups in total. The van der Waals surface area contributed by atoms with Gasteiger partial charge in [0.05, 0.1) is 23.2 Å². The van der Waals surface area contributed by atoms with Crippen LogP contribution in [-0.2, 0) is 4.79 Å². The number of anilines is 1. The quantitative estimate of drug-likeness (QED) is 0.601. The zero-order valence-electron chi connectivity index (χ0n) is 17.6. The van der Waals surface area contributed by atoms with Crippen molar-refractivity contribution in [3.05, 3.63) is 52.8 Å². The second-order valence-corrected chi connectivity index (χ2v) is 8.69. The third-order valence-electron chi connectivity index (χ3n) is 5.03. The van der Waals surface area contributed by atoms with Gasteiger partial charge in [-0.05, 0) is 45.8 Å². The SMILES string of the molecule is CC(C)n1nc(-c2sc(NC(=O)CN3CCCC3)nc2-c2ccccc2)ccc1=O.Cl. The second kappa shape index (κ2) is 10.2. The van der Waals surface area contributed by atoms with Crippen molar-refractivity contribution in [2.45, 2.75) is 32.7 Å². The highest BCUT2D eigenvalue weighted by Crippen LogP contribution is 2.38. The van der Waals surface area contributed by atoms with Gasteiger partial charge in [0.1, 0.15) is 5.69 Å². The van der Waals surface area contributed by atoms with Crippen molar-refractivity contribution in [3.63, 3.8) is 0 Å². The van der Waals surface area contributed by atoms with E-state index in [1.54, 1.807) is 6.07 Å². The van der Waals surface area contributed by atoms with Crippen LogP contribution >= 0.6 is 23.7 Å². The Morgan fingerprint density at radius 1 is 1.13 bits per heavy atom. The van der Waals surface area contributed by atoms with E-state index in [9.17, 15) is 9.59 Å². The van der Waals surface area contributed by atoms with Gasteiger partial charge in [0, 0.05) is 11.6 Å². The minimum absolute atomic E-state index is 0. The first-order chi connectivity index (χ1) is 14.5. The molecular formula is C22H26ClN5O2S. The Morgan fingerprint density at radius 3 is 2.52 bits per heavy atom. The third-order valence-corrected chi connectivity index (χ3v) is 6.03. The van der Waals surface area contributed by atoms with Crippen LogP contribution in [0, 0.1) is 0 Å². The maximum atomic E-state index is 12.5. The number of thiazole rings is 1. The minimum atomic E-state index is -0.140. The highest BCUT2D eigenvalue weighted by molar-refractivity contribution is 7.19. The number of hydrogen-bond acceptors (Lipinski definition) is 6. The van der Waals surface area contributed by atoms with E-state index in [1.165, 1.54) is 22.1 Å². The number of amides is 1. The lowest BCUT2D eigenvalue weighted by Gasteiger charge is -2.12. The average Bonchev–Trinajstić information content (AvgIpc) is 3.39. The van der Waals surface area contributed by atoms with Gasteiger partial charge in [-0.2, -0.15) is 5.10 Å². The number of nitrogens with zero attached hydrogens (tertiary/aromatic N) is 4. The van der Waals surface area contributed by atoms with Gasteiger partial charge in [0.15, 0.2) is 5.13 Å². The van der Waals surface area contributed by atoms with E-state index in [0.717, 1.165) is 42.1 Å². The Balaban J connectivity index is 0.00000272. The molecule has 164 valence electrons. The molecule has 0 bridgehead atoms. The summed E-state index contributed by atoms with van der Waals surface area (Å²) < 4.78 is 1.47. The molecule has 2 aromatic heterocycles. The summed E-state index contributed by atoms with van der Waals surface area (Å²) in [7, 11) is 0. The maximum absolute atomic E-state index is 12.5. The summed E-state index contributed by atoms with van der Waals surface area (Å²) in [5.41, 5.74) is 2.21. The first-order valence-electron chi connectivity index (χ1n) is 10.2. The predicted octanol–water partition coefficient (Wildman–Crippen LogP) is 4.07. The fourth-order valence-electron chi connectivity index (χ4n) is 3.56. The zero-order chi connectivity index (χ0) is 21.1.